The van der Waals surface area contributed by atoms with Crippen molar-refractivity contribution in [3.05, 3.63) is 56.3 Å². The molecule has 2 aromatic carbocycles. The van der Waals surface area contributed by atoms with Crippen LogP contribution in [0.4, 0.5) is 27.1 Å². The van der Waals surface area contributed by atoms with Gasteiger partial charge in [-0.25, -0.2) is 4.39 Å². The van der Waals surface area contributed by atoms with Crippen molar-refractivity contribution < 1.29 is 9.31 Å². The largest absolute Gasteiger partial charge is 0.382 e. The zero-order chi connectivity index (χ0) is 15.6. The predicted molar refractivity (Wildman–Crippen MR) is 84.8 cm³/mol. The molecule has 0 aliphatic rings. The maximum absolute atomic E-state index is 13.6. The number of rotatable bonds is 4. The number of nitro benzene ring substituents is 1. The van der Waals surface area contributed by atoms with Crippen LogP contribution in [0, 0.1) is 22.9 Å². The van der Waals surface area contributed by atoms with Gasteiger partial charge in [0.25, 0.3) is 0 Å². The lowest BCUT2D eigenvalue weighted by atomic mass is 10.1. The molecule has 0 unspecified atom stereocenters. The van der Waals surface area contributed by atoms with Gasteiger partial charge in [0.15, 0.2) is 0 Å². The summed E-state index contributed by atoms with van der Waals surface area (Å²) in [6.07, 6.45) is 0. The summed E-state index contributed by atoms with van der Waals surface area (Å²) >= 11 is 3.11. The van der Waals surface area contributed by atoms with E-state index in [-0.39, 0.29) is 5.69 Å². The Hall–Kier alpha value is -2.15. The quantitative estimate of drug-likeness (QED) is 0.623. The first-order chi connectivity index (χ1) is 9.93. The molecule has 0 spiro atoms. The molecule has 0 fully saturated rings. The number of para-hydroxylation sites is 1. The van der Waals surface area contributed by atoms with Gasteiger partial charge >= 0.3 is 5.69 Å². The van der Waals surface area contributed by atoms with Crippen LogP contribution >= 0.6 is 15.9 Å². The summed E-state index contributed by atoms with van der Waals surface area (Å²) < 4.78 is 14.0. The molecular weight excluding hydrogens is 341 g/mol. The Kier molecular flexibility index (Phi) is 4.42. The van der Waals surface area contributed by atoms with Crippen molar-refractivity contribution in [1.29, 1.82) is 0 Å². The number of hydrogen-bond acceptors (Lipinski definition) is 4. The van der Waals surface area contributed by atoms with Crippen LogP contribution in [0.3, 0.4) is 0 Å². The van der Waals surface area contributed by atoms with E-state index in [1.807, 2.05) is 0 Å². The van der Waals surface area contributed by atoms with E-state index in [0.29, 0.717) is 21.5 Å². The number of anilines is 3. The lowest BCUT2D eigenvalue weighted by molar-refractivity contribution is -0.383. The lowest BCUT2D eigenvalue weighted by Crippen LogP contribution is -2.02. The molecule has 0 aliphatic carbocycles. The molecule has 2 N–H and O–H groups in total. The van der Waals surface area contributed by atoms with Crippen molar-refractivity contribution in [2.45, 2.75) is 6.92 Å². The summed E-state index contributed by atoms with van der Waals surface area (Å²) in [7, 11) is 1.61. The molecule has 0 heterocycles. The molecule has 0 radical (unpaired) electrons. The number of nitrogens with one attached hydrogen (secondary N) is 2. The minimum atomic E-state index is -0.473. The highest BCUT2D eigenvalue weighted by atomic mass is 79.9. The molecule has 2 aromatic rings. The Labute approximate surface area is 129 Å². The fourth-order valence-corrected chi connectivity index (χ4v) is 2.43. The van der Waals surface area contributed by atoms with E-state index in [1.54, 1.807) is 38.2 Å². The Morgan fingerprint density at radius 3 is 2.52 bits per heavy atom. The molecule has 0 amide bonds. The van der Waals surface area contributed by atoms with Gasteiger partial charge in [-0.15, -0.1) is 0 Å². The Morgan fingerprint density at radius 1 is 1.24 bits per heavy atom. The molecule has 2 rings (SSSR count). The molecular formula is C14H13BrFN3O2. The average molecular weight is 354 g/mol. The van der Waals surface area contributed by atoms with Gasteiger partial charge in [0.05, 0.1) is 9.40 Å². The van der Waals surface area contributed by atoms with E-state index >= 15 is 0 Å². The third-order valence-corrected chi connectivity index (χ3v) is 3.63. The van der Waals surface area contributed by atoms with Crippen LogP contribution in [0.15, 0.2) is 34.8 Å². The van der Waals surface area contributed by atoms with Crippen LogP contribution in [0.1, 0.15) is 5.56 Å². The van der Waals surface area contributed by atoms with Gasteiger partial charge in [-0.3, -0.25) is 10.1 Å². The molecule has 0 atom stereocenters. The van der Waals surface area contributed by atoms with Crippen molar-refractivity contribution in [3.8, 4) is 0 Å². The number of benzene rings is 2. The summed E-state index contributed by atoms with van der Waals surface area (Å²) in [5.41, 5.74) is 1.86. The van der Waals surface area contributed by atoms with Crippen molar-refractivity contribution in [3.63, 3.8) is 0 Å². The highest BCUT2D eigenvalue weighted by Crippen LogP contribution is 2.35. The Balaban J connectivity index is 2.49. The fraction of sp³-hybridized carbons (Fsp3) is 0.143. The van der Waals surface area contributed by atoms with E-state index in [0.717, 1.165) is 5.56 Å². The second-order valence-corrected chi connectivity index (χ2v) is 5.27. The third kappa shape index (κ3) is 3.13. The number of halogens is 2. The zero-order valence-corrected chi connectivity index (χ0v) is 13.0. The van der Waals surface area contributed by atoms with Crippen LogP contribution in [0.2, 0.25) is 0 Å². The molecule has 5 nitrogen and oxygen atoms in total. The van der Waals surface area contributed by atoms with Gasteiger partial charge in [0, 0.05) is 12.7 Å². The van der Waals surface area contributed by atoms with E-state index in [1.165, 1.54) is 6.07 Å². The average Bonchev–Trinajstić information content (AvgIpc) is 2.44. The van der Waals surface area contributed by atoms with Crippen LogP contribution < -0.4 is 10.6 Å². The van der Waals surface area contributed by atoms with Gasteiger partial charge < -0.3 is 10.6 Å². The Morgan fingerprint density at radius 2 is 1.90 bits per heavy atom. The first-order valence-electron chi connectivity index (χ1n) is 6.12. The molecule has 7 heteroatoms. The molecule has 0 aromatic heterocycles. The van der Waals surface area contributed by atoms with Gasteiger partial charge in [-0.05, 0) is 52.7 Å². The topological polar surface area (TPSA) is 67.2 Å². The van der Waals surface area contributed by atoms with Gasteiger partial charge in [0.2, 0.25) is 0 Å². The van der Waals surface area contributed by atoms with Crippen molar-refractivity contribution >= 4 is 38.7 Å². The lowest BCUT2D eigenvalue weighted by Gasteiger charge is -2.12. The van der Waals surface area contributed by atoms with Gasteiger partial charge in [0.1, 0.15) is 17.2 Å². The van der Waals surface area contributed by atoms with Crippen LogP contribution in [-0.2, 0) is 0 Å². The SMILES string of the molecule is CNc1cccc(Nc2cc(F)c(Br)cc2C)c1[N+](=O)[O-]. The van der Waals surface area contributed by atoms with E-state index in [2.05, 4.69) is 26.6 Å². The van der Waals surface area contributed by atoms with Crippen molar-refractivity contribution in [2.75, 3.05) is 17.7 Å². The number of nitro groups is 1. The first-order valence-corrected chi connectivity index (χ1v) is 6.91. The van der Waals surface area contributed by atoms with Crippen molar-refractivity contribution in [2.24, 2.45) is 0 Å². The number of aryl methyl sites for hydroxylation is 1. The monoisotopic (exact) mass is 353 g/mol. The molecule has 0 bridgehead atoms. The maximum Gasteiger partial charge on any atom is 0.315 e. The van der Waals surface area contributed by atoms with Gasteiger partial charge in [-0.1, -0.05) is 6.07 Å². The zero-order valence-electron chi connectivity index (χ0n) is 11.4. The molecule has 0 saturated heterocycles. The summed E-state index contributed by atoms with van der Waals surface area (Å²) in [4.78, 5) is 10.8. The highest BCUT2D eigenvalue weighted by molar-refractivity contribution is 9.10. The second kappa shape index (κ2) is 6.09. The minimum Gasteiger partial charge on any atom is -0.382 e. The summed E-state index contributed by atoms with van der Waals surface area (Å²) in [5.74, 6) is -0.435. The second-order valence-electron chi connectivity index (χ2n) is 4.42. The summed E-state index contributed by atoms with van der Waals surface area (Å²) in [6, 6.07) is 7.79. The summed E-state index contributed by atoms with van der Waals surface area (Å²) in [5, 5.41) is 16.9. The van der Waals surface area contributed by atoms with E-state index in [9.17, 15) is 14.5 Å². The van der Waals surface area contributed by atoms with E-state index < -0.39 is 10.7 Å². The molecule has 0 aliphatic heterocycles. The number of nitrogens with zero attached hydrogens (tertiary/aromatic N) is 1. The van der Waals surface area contributed by atoms with Crippen LogP contribution in [0.5, 0.6) is 0 Å². The number of hydrogen-bond donors (Lipinski definition) is 2. The van der Waals surface area contributed by atoms with Crippen LogP contribution in [-0.4, -0.2) is 12.0 Å². The Bertz CT molecular complexity index is 707. The fourth-order valence-electron chi connectivity index (χ4n) is 1.97. The standard InChI is InChI=1S/C14H13BrFN3O2/c1-8-6-9(15)10(16)7-13(8)18-12-5-3-4-11(17-2)14(12)19(20)21/h3-7,17-18H,1-2H3. The molecule has 110 valence electrons. The smallest absolute Gasteiger partial charge is 0.315 e. The summed E-state index contributed by atoms with van der Waals surface area (Å²) in [6.45, 7) is 1.79. The van der Waals surface area contributed by atoms with Crippen LogP contribution in [0.25, 0.3) is 0 Å². The first kappa shape index (κ1) is 15.2. The van der Waals surface area contributed by atoms with Crippen molar-refractivity contribution in [1.82, 2.24) is 0 Å². The predicted octanol–water partition coefficient (Wildman–Crippen LogP) is 4.59. The normalized spacial score (nSPS) is 10.3. The molecule has 0 saturated carbocycles. The molecule has 21 heavy (non-hydrogen) atoms. The third-order valence-electron chi connectivity index (χ3n) is 3.02. The van der Waals surface area contributed by atoms with E-state index in [4.69, 9.17) is 0 Å². The maximum atomic E-state index is 13.6. The highest BCUT2D eigenvalue weighted by Gasteiger charge is 2.19. The van der Waals surface area contributed by atoms with Gasteiger partial charge in [-0.2, -0.15) is 0 Å². The minimum absolute atomic E-state index is 0.0808.